The highest BCUT2D eigenvalue weighted by atomic mass is 35.5. The molecule has 1 heterocycles. The Morgan fingerprint density at radius 3 is 1.88 bits per heavy atom. The van der Waals surface area contributed by atoms with Crippen molar-refractivity contribution in [3.63, 3.8) is 0 Å². The van der Waals surface area contributed by atoms with Crippen molar-refractivity contribution in [1.82, 2.24) is 5.32 Å². The Morgan fingerprint density at radius 1 is 1.00 bits per heavy atom. The standard InChI is InChI=1S/C12H14ClNO2.C10H8F6N/c13-10-3-1-9(2-4-10)12(11(15)16)5-7-14-8-6-12;1-17-5-6-2-7(9(11,12)13)4-8(3-6)10(14,15)16/h1-4,14H,5-8H2,(H,15,16);2-4H,5H2,1H3/q;-1. The fraction of sp³-hybridized carbons (Fsp3) is 0.409. The summed E-state index contributed by atoms with van der Waals surface area (Å²) in [5.41, 5.74) is -2.63. The number of benzene rings is 2. The third-order valence-corrected chi connectivity index (χ3v) is 5.50. The number of rotatable bonds is 4. The van der Waals surface area contributed by atoms with Crippen LogP contribution >= 0.6 is 11.6 Å². The summed E-state index contributed by atoms with van der Waals surface area (Å²) in [7, 11) is 1.31. The molecule has 0 unspecified atom stereocenters. The second kappa shape index (κ2) is 10.8. The number of hydrogen-bond acceptors (Lipinski definition) is 2. The SMILES string of the molecule is C[N-]Cc1cc(C(F)(F)F)cc(C(F)(F)F)c1.O=C(O)C1(c2ccc(Cl)cc2)CCNCC1. The van der Waals surface area contributed by atoms with E-state index < -0.39 is 34.9 Å². The van der Waals surface area contributed by atoms with Gasteiger partial charge in [0.15, 0.2) is 0 Å². The number of alkyl halides is 6. The first kappa shape index (κ1) is 26.9. The van der Waals surface area contributed by atoms with E-state index >= 15 is 0 Å². The molecular weight excluding hydrogens is 474 g/mol. The minimum atomic E-state index is -4.80. The fourth-order valence-electron chi connectivity index (χ4n) is 3.54. The molecule has 1 saturated heterocycles. The van der Waals surface area contributed by atoms with Crippen LogP contribution in [-0.2, 0) is 29.1 Å². The first-order valence-corrected chi connectivity index (χ1v) is 10.2. The number of aliphatic carboxylic acids is 1. The fourth-order valence-corrected chi connectivity index (χ4v) is 3.67. The van der Waals surface area contributed by atoms with Crippen LogP contribution in [0.4, 0.5) is 26.3 Å². The third-order valence-electron chi connectivity index (χ3n) is 5.25. The molecular formula is C22H22ClF6N2O2-. The van der Waals surface area contributed by atoms with E-state index in [0.29, 0.717) is 30.0 Å². The van der Waals surface area contributed by atoms with E-state index in [2.05, 4.69) is 10.6 Å². The Balaban J connectivity index is 0.000000234. The zero-order valence-corrected chi connectivity index (χ0v) is 18.3. The minimum absolute atomic E-state index is 0.0964. The molecule has 0 aliphatic carbocycles. The molecule has 11 heteroatoms. The third kappa shape index (κ3) is 7.09. The maximum atomic E-state index is 12.4. The van der Waals surface area contributed by atoms with E-state index in [1.807, 2.05) is 12.1 Å². The maximum absolute atomic E-state index is 12.4. The number of nitrogens with one attached hydrogen (secondary N) is 1. The number of halogens is 7. The molecule has 2 N–H and O–H groups in total. The first-order chi connectivity index (χ1) is 15.3. The quantitative estimate of drug-likeness (QED) is 0.491. The number of carboxylic acids is 1. The van der Waals surface area contributed by atoms with Gasteiger partial charge in [-0.25, -0.2) is 0 Å². The van der Waals surface area contributed by atoms with Crippen LogP contribution in [0, 0.1) is 0 Å². The summed E-state index contributed by atoms with van der Waals surface area (Å²) < 4.78 is 74.3. The molecule has 182 valence electrons. The van der Waals surface area contributed by atoms with Crippen LogP contribution in [0.5, 0.6) is 0 Å². The van der Waals surface area contributed by atoms with E-state index in [0.717, 1.165) is 18.7 Å². The zero-order chi connectivity index (χ0) is 24.9. The lowest BCUT2D eigenvalue weighted by Crippen LogP contribution is -2.45. The molecule has 1 aliphatic rings. The van der Waals surface area contributed by atoms with Crippen molar-refractivity contribution < 1.29 is 36.2 Å². The smallest absolute Gasteiger partial charge is 0.416 e. The highest BCUT2D eigenvalue weighted by Gasteiger charge is 2.41. The molecule has 0 atom stereocenters. The van der Waals surface area contributed by atoms with E-state index in [9.17, 15) is 36.2 Å². The Bertz CT molecular complexity index is 907. The van der Waals surface area contributed by atoms with Crippen molar-refractivity contribution in [1.29, 1.82) is 0 Å². The van der Waals surface area contributed by atoms with Crippen molar-refractivity contribution in [2.45, 2.75) is 37.2 Å². The minimum Gasteiger partial charge on any atom is -0.661 e. The lowest BCUT2D eigenvalue weighted by atomic mass is 9.73. The van der Waals surface area contributed by atoms with Crippen LogP contribution in [0.1, 0.15) is 35.1 Å². The maximum Gasteiger partial charge on any atom is 0.416 e. The molecule has 3 rings (SSSR count). The topological polar surface area (TPSA) is 63.4 Å². The highest BCUT2D eigenvalue weighted by molar-refractivity contribution is 6.30. The molecule has 33 heavy (non-hydrogen) atoms. The summed E-state index contributed by atoms with van der Waals surface area (Å²) in [6.07, 6.45) is -8.35. The Morgan fingerprint density at radius 2 is 1.48 bits per heavy atom. The van der Waals surface area contributed by atoms with Crippen LogP contribution in [0.3, 0.4) is 0 Å². The van der Waals surface area contributed by atoms with E-state index in [1.165, 1.54) is 7.05 Å². The second-order valence-corrected chi connectivity index (χ2v) is 7.97. The highest BCUT2D eigenvalue weighted by Crippen LogP contribution is 2.37. The Kier molecular flexibility index (Phi) is 8.78. The largest absolute Gasteiger partial charge is 0.661 e. The van der Waals surface area contributed by atoms with Crippen LogP contribution in [0.25, 0.3) is 5.32 Å². The lowest BCUT2D eigenvalue weighted by molar-refractivity contribution is -0.145. The summed E-state index contributed by atoms with van der Waals surface area (Å²) in [6.45, 7) is 1.30. The summed E-state index contributed by atoms with van der Waals surface area (Å²) in [4.78, 5) is 11.5. The van der Waals surface area contributed by atoms with Gasteiger partial charge in [-0.2, -0.15) is 33.4 Å². The first-order valence-electron chi connectivity index (χ1n) is 9.84. The van der Waals surface area contributed by atoms with Gasteiger partial charge in [0.25, 0.3) is 0 Å². The van der Waals surface area contributed by atoms with Gasteiger partial charge in [-0.15, -0.1) is 6.54 Å². The number of nitrogens with zero attached hydrogens (tertiary/aromatic N) is 1. The van der Waals surface area contributed by atoms with Crippen LogP contribution in [-0.4, -0.2) is 31.2 Å². The number of piperidine rings is 1. The van der Waals surface area contributed by atoms with Crippen molar-refractivity contribution in [3.8, 4) is 0 Å². The molecule has 4 nitrogen and oxygen atoms in total. The molecule has 2 aromatic rings. The molecule has 1 aliphatic heterocycles. The van der Waals surface area contributed by atoms with Crippen molar-refractivity contribution >= 4 is 17.6 Å². The van der Waals surface area contributed by atoms with Crippen LogP contribution < -0.4 is 5.32 Å². The number of carboxylic acid groups (broad SMARTS) is 1. The Hall–Kier alpha value is -2.30. The second-order valence-electron chi connectivity index (χ2n) is 7.53. The predicted octanol–water partition coefficient (Wildman–Crippen LogP) is 6.27. The average Bonchev–Trinajstić information content (AvgIpc) is 2.74. The predicted molar refractivity (Wildman–Crippen MR) is 112 cm³/mol. The van der Waals surface area contributed by atoms with E-state index in [4.69, 9.17) is 11.6 Å². The molecule has 0 spiro atoms. The summed E-state index contributed by atoms with van der Waals surface area (Å²) in [5, 5.41) is 16.8. The molecule has 0 amide bonds. The number of carbonyl (C=O) groups is 1. The van der Waals surface area contributed by atoms with Gasteiger partial charge in [0, 0.05) is 5.02 Å². The summed E-state index contributed by atoms with van der Waals surface area (Å²) >= 11 is 5.82. The van der Waals surface area contributed by atoms with Crippen LogP contribution in [0.15, 0.2) is 42.5 Å². The average molecular weight is 496 g/mol. The molecule has 0 radical (unpaired) electrons. The zero-order valence-electron chi connectivity index (χ0n) is 17.5. The van der Waals surface area contributed by atoms with Crippen molar-refractivity contribution in [2.24, 2.45) is 0 Å². The molecule has 2 aromatic carbocycles. The van der Waals surface area contributed by atoms with Crippen molar-refractivity contribution in [2.75, 3.05) is 20.1 Å². The van der Waals surface area contributed by atoms with Crippen molar-refractivity contribution in [3.05, 3.63) is 75.1 Å². The van der Waals surface area contributed by atoms with Gasteiger partial charge >= 0.3 is 18.3 Å². The van der Waals surface area contributed by atoms with E-state index in [-0.39, 0.29) is 18.2 Å². The van der Waals surface area contributed by atoms with Gasteiger partial charge in [0.1, 0.15) is 0 Å². The number of hydrogen-bond donors (Lipinski definition) is 2. The molecule has 1 fully saturated rings. The Labute approximate surface area is 191 Å². The molecule has 0 saturated carbocycles. The normalized spacial score (nSPS) is 16.0. The van der Waals surface area contributed by atoms with Gasteiger partial charge in [-0.05, 0) is 61.8 Å². The summed E-state index contributed by atoms with van der Waals surface area (Å²) in [6, 6.07) is 8.58. The van der Waals surface area contributed by atoms with Crippen LogP contribution in [0.2, 0.25) is 5.02 Å². The lowest BCUT2D eigenvalue weighted by Gasteiger charge is -2.34. The van der Waals surface area contributed by atoms with Gasteiger partial charge in [-0.3, -0.25) is 4.79 Å². The van der Waals surface area contributed by atoms with Gasteiger partial charge < -0.3 is 15.7 Å². The van der Waals surface area contributed by atoms with E-state index in [1.54, 1.807) is 12.1 Å². The van der Waals surface area contributed by atoms with Gasteiger partial charge in [-0.1, -0.05) is 29.3 Å². The summed E-state index contributed by atoms with van der Waals surface area (Å²) in [5.74, 6) is -0.740. The van der Waals surface area contributed by atoms with Gasteiger partial charge in [0.2, 0.25) is 0 Å². The molecule has 0 aromatic heterocycles. The monoisotopic (exact) mass is 495 g/mol. The molecule has 0 bridgehead atoms. The van der Waals surface area contributed by atoms with Gasteiger partial charge in [0.05, 0.1) is 16.5 Å².